The van der Waals surface area contributed by atoms with Crippen molar-refractivity contribution in [3.8, 4) is 5.75 Å². The summed E-state index contributed by atoms with van der Waals surface area (Å²) in [6, 6.07) is 11.2. The van der Waals surface area contributed by atoms with Crippen LogP contribution in [-0.4, -0.2) is 36.8 Å². The highest BCUT2D eigenvalue weighted by Crippen LogP contribution is 2.34. The molecule has 0 fully saturated rings. The van der Waals surface area contributed by atoms with Crippen molar-refractivity contribution in [2.75, 3.05) is 25.5 Å². The highest BCUT2D eigenvalue weighted by molar-refractivity contribution is 6.07. The lowest BCUT2D eigenvalue weighted by atomic mass is 9.78. The molecule has 0 saturated carbocycles. The number of carbonyl (C=O) groups is 2. The maximum absolute atomic E-state index is 12.9. The zero-order chi connectivity index (χ0) is 22.1. The van der Waals surface area contributed by atoms with Crippen LogP contribution in [0.15, 0.2) is 36.4 Å². The number of fused-ring (bicyclic) bond motifs is 1. The Morgan fingerprint density at radius 3 is 2.57 bits per heavy atom. The van der Waals surface area contributed by atoms with Gasteiger partial charge in [0.2, 0.25) is 0 Å². The third kappa shape index (κ3) is 4.57. The number of nitrogens with one attached hydrogen (secondary N) is 1. The summed E-state index contributed by atoms with van der Waals surface area (Å²) in [7, 11) is 2.11. The largest absolute Gasteiger partial charge is 0.493 e. The van der Waals surface area contributed by atoms with Gasteiger partial charge in [-0.05, 0) is 55.4 Å². The number of hydrogen-bond donors (Lipinski definition) is 1. The lowest BCUT2D eigenvalue weighted by Gasteiger charge is -2.38. The second-order valence-electron chi connectivity index (χ2n) is 9.05. The fourth-order valence-electron chi connectivity index (χ4n) is 4.23. The molecule has 0 radical (unpaired) electrons. The molecule has 1 aliphatic heterocycles. The number of benzene rings is 2. The van der Waals surface area contributed by atoms with Gasteiger partial charge in [0.15, 0.2) is 5.78 Å². The van der Waals surface area contributed by atoms with Gasteiger partial charge in [-0.15, -0.1) is 0 Å². The van der Waals surface area contributed by atoms with Gasteiger partial charge in [0, 0.05) is 35.7 Å². The molecule has 0 aromatic heterocycles. The highest BCUT2D eigenvalue weighted by atomic mass is 16.5. The van der Waals surface area contributed by atoms with E-state index in [2.05, 4.69) is 43.2 Å². The quantitative estimate of drug-likeness (QED) is 0.691. The highest BCUT2D eigenvalue weighted by Gasteiger charge is 2.30. The van der Waals surface area contributed by atoms with E-state index in [4.69, 9.17) is 4.74 Å². The number of Topliss-reactive ketones (excluding diaryl/α,β-unsaturated/α-hetero) is 1. The van der Waals surface area contributed by atoms with E-state index in [1.165, 1.54) is 11.1 Å². The van der Waals surface area contributed by atoms with Crippen LogP contribution in [0.3, 0.4) is 0 Å². The number of carbonyl (C=O) groups excluding carboxylic acids is 2. The molecule has 0 spiro atoms. The van der Waals surface area contributed by atoms with Crippen LogP contribution in [-0.2, 0) is 12.0 Å². The van der Waals surface area contributed by atoms with E-state index in [0.717, 1.165) is 18.8 Å². The minimum absolute atomic E-state index is 0.0350. The number of ether oxygens (including phenoxy) is 1. The van der Waals surface area contributed by atoms with Crippen molar-refractivity contribution in [1.82, 2.24) is 4.90 Å². The summed E-state index contributed by atoms with van der Waals surface area (Å²) >= 11 is 0. The Hall–Kier alpha value is -2.66. The lowest BCUT2D eigenvalue weighted by Crippen LogP contribution is -2.39. The Kier molecular flexibility index (Phi) is 6.32. The van der Waals surface area contributed by atoms with Crippen LogP contribution < -0.4 is 10.1 Å². The van der Waals surface area contributed by atoms with Crippen molar-refractivity contribution in [1.29, 1.82) is 0 Å². The Morgan fingerprint density at radius 2 is 1.90 bits per heavy atom. The van der Waals surface area contributed by atoms with Crippen molar-refractivity contribution in [3.63, 3.8) is 0 Å². The minimum atomic E-state index is -0.237. The molecule has 3 rings (SSSR count). The molecule has 2 aromatic rings. The second kappa shape index (κ2) is 8.60. The number of anilines is 1. The molecule has 1 N–H and O–H groups in total. The van der Waals surface area contributed by atoms with Gasteiger partial charge < -0.3 is 15.0 Å². The van der Waals surface area contributed by atoms with E-state index < -0.39 is 0 Å². The van der Waals surface area contributed by atoms with Crippen molar-refractivity contribution in [2.24, 2.45) is 5.92 Å². The second-order valence-corrected chi connectivity index (χ2v) is 9.05. The zero-order valence-corrected chi connectivity index (χ0v) is 18.8. The van der Waals surface area contributed by atoms with Gasteiger partial charge >= 0.3 is 0 Å². The molecular weight excluding hydrogens is 376 g/mol. The predicted molar refractivity (Wildman–Crippen MR) is 121 cm³/mol. The van der Waals surface area contributed by atoms with E-state index >= 15 is 0 Å². The van der Waals surface area contributed by atoms with Crippen LogP contribution in [0.1, 0.15) is 66.5 Å². The number of hydrogen-bond acceptors (Lipinski definition) is 4. The first-order valence-electron chi connectivity index (χ1n) is 10.6. The van der Waals surface area contributed by atoms with Crippen LogP contribution >= 0.6 is 0 Å². The average Bonchev–Trinajstić information content (AvgIpc) is 2.66. The molecule has 2 aromatic carbocycles. The van der Waals surface area contributed by atoms with Crippen molar-refractivity contribution >= 4 is 17.4 Å². The number of amides is 1. The SMILES string of the molecule is CCOc1ccc(C(=O)Nc2ccc3c(c2)CN(C)CC3(C)C)cc1C(=O)C(C)C. The maximum Gasteiger partial charge on any atom is 0.255 e. The van der Waals surface area contributed by atoms with Gasteiger partial charge in [-0.1, -0.05) is 33.8 Å². The zero-order valence-electron chi connectivity index (χ0n) is 18.8. The van der Waals surface area contributed by atoms with Crippen molar-refractivity contribution < 1.29 is 14.3 Å². The number of rotatable bonds is 6. The van der Waals surface area contributed by atoms with Crippen LogP contribution in [0.25, 0.3) is 0 Å². The third-order valence-electron chi connectivity index (χ3n) is 5.53. The monoisotopic (exact) mass is 408 g/mol. The van der Waals surface area contributed by atoms with E-state index in [9.17, 15) is 9.59 Å². The maximum atomic E-state index is 12.9. The summed E-state index contributed by atoms with van der Waals surface area (Å²) in [4.78, 5) is 27.8. The van der Waals surface area contributed by atoms with Gasteiger partial charge in [-0.3, -0.25) is 9.59 Å². The lowest BCUT2D eigenvalue weighted by molar-refractivity contribution is 0.0935. The Bertz CT molecular complexity index is 963. The van der Waals surface area contributed by atoms with Crippen LogP contribution in [0.2, 0.25) is 0 Å². The Morgan fingerprint density at radius 1 is 1.17 bits per heavy atom. The predicted octanol–water partition coefficient (Wildman–Crippen LogP) is 4.90. The van der Waals surface area contributed by atoms with Crippen molar-refractivity contribution in [2.45, 2.75) is 46.6 Å². The molecule has 5 nitrogen and oxygen atoms in total. The van der Waals surface area contributed by atoms with E-state index in [0.29, 0.717) is 23.5 Å². The third-order valence-corrected chi connectivity index (χ3v) is 5.53. The molecule has 1 aliphatic rings. The molecule has 1 heterocycles. The van der Waals surface area contributed by atoms with E-state index in [1.54, 1.807) is 18.2 Å². The van der Waals surface area contributed by atoms with Crippen LogP contribution in [0.5, 0.6) is 5.75 Å². The standard InChI is InChI=1S/C25H32N2O3/c1-7-30-22-11-8-17(13-20(22)23(28)16(2)3)24(29)26-19-9-10-21-18(12-19)14-27(6)15-25(21,4)5/h8-13,16H,7,14-15H2,1-6H3,(H,26,29). The summed E-state index contributed by atoms with van der Waals surface area (Å²) in [5.41, 5.74) is 4.28. The minimum Gasteiger partial charge on any atom is -0.493 e. The summed E-state index contributed by atoms with van der Waals surface area (Å²) in [5, 5.41) is 2.99. The number of ketones is 1. The summed E-state index contributed by atoms with van der Waals surface area (Å²) in [6.07, 6.45) is 0. The van der Waals surface area contributed by atoms with E-state index in [-0.39, 0.29) is 23.0 Å². The Labute approximate surface area is 179 Å². The first-order valence-corrected chi connectivity index (χ1v) is 10.6. The fraction of sp³-hybridized carbons (Fsp3) is 0.440. The number of nitrogens with zero attached hydrogens (tertiary/aromatic N) is 1. The summed E-state index contributed by atoms with van der Waals surface area (Å²) in [5.74, 6) is 0.0710. The van der Waals surface area contributed by atoms with Gasteiger partial charge in [-0.2, -0.15) is 0 Å². The number of likely N-dealkylation sites (N-methyl/N-ethyl adjacent to an activating group) is 1. The van der Waals surface area contributed by atoms with Gasteiger partial charge in [-0.25, -0.2) is 0 Å². The Balaban J connectivity index is 1.87. The van der Waals surface area contributed by atoms with Gasteiger partial charge in [0.25, 0.3) is 5.91 Å². The first-order chi connectivity index (χ1) is 14.1. The van der Waals surface area contributed by atoms with Crippen molar-refractivity contribution in [3.05, 3.63) is 58.7 Å². The fourth-order valence-corrected chi connectivity index (χ4v) is 4.23. The topological polar surface area (TPSA) is 58.6 Å². The molecular formula is C25H32N2O3. The first kappa shape index (κ1) is 22.0. The molecule has 1 amide bonds. The molecule has 30 heavy (non-hydrogen) atoms. The van der Waals surface area contributed by atoms with E-state index in [1.807, 2.05) is 26.8 Å². The summed E-state index contributed by atoms with van der Waals surface area (Å²) in [6.45, 7) is 12.4. The molecule has 0 aliphatic carbocycles. The van der Waals surface area contributed by atoms with Crippen LogP contribution in [0.4, 0.5) is 5.69 Å². The molecule has 5 heteroatoms. The molecule has 160 valence electrons. The van der Waals surface area contributed by atoms with Gasteiger partial charge in [0.1, 0.15) is 5.75 Å². The van der Waals surface area contributed by atoms with Gasteiger partial charge in [0.05, 0.1) is 12.2 Å². The summed E-state index contributed by atoms with van der Waals surface area (Å²) < 4.78 is 5.60. The normalized spacial score (nSPS) is 15.6. The molecule has 0 atom stereocenters. The smallest absolute Gasteiger partial charge is 0.255 e. The van der Waals surface area contributed by atoms with Crippen LogP contribution in [0, 0.1) is 5.92 Å². The average molecular weight is 409 g/mol. The molecule has 0 bridgehead atoms. The molecule has 0 unspecified atom stereocenters. The molecule has 0 saturated heterocycles.